The number of carbonyl (C=O) groups excluding carboxylic acids is 2. The summed E-state index contributed by atoms with van der Waals surface area (Å²) in [4.78, 5) is 26.9. The fraction of sp³-hybridized carbons (Fsp3) is 0.619. The van der Waals surface area contributed by atoms with E-state index in [4.69, 9.17) is 9.47 Å². The molecular weight excluding hydrogens is 358 g/mol. The predicted molar refractivity (Wildman–Crippen MR) is 109 cm³/mol. The van der Waals surface area contributed by atoms with Crippen LogP contribution in [0.4, 0.5) is 0 Å². The predicted octanol–water partition coefficient (Wildman–Crippen LogP) is 2.20. The average molecular weight is 392 g/mol. The van der Waals surface area contributed by atoms with Crippen LogP contribution in [0, 0.1) is 0 Å². The number of benzene rings is 1. The third-order valence-corrected chi connectivity index (χ3v) is 4.69. The Morgan fingerprint density at radius 3 is 2.57 bits per heavy atom. The molecule has 1 aromatic carbocycles. The second-order valence-electron chi connectivity index (χ2n) is 7.36. The number of nitrogens with one attached hydrogen (secondary N) is 2. The molecule has 2 amide bonds. The Balaban J connectivity index is 2.11. The van der Waals surface area contributed by atoms with E-state index in [0.717, 1.165) is 38.9 Å². The van der Waals surface area contributed by atoms with Crippen LogP contribution in [0.2, 0.25) is 0 Å². The minimum atomic E-state index is -0.197. The highest BCUT2D eigenvalue weighted by atomic mass is 16.5. The molecule has 0 unspecified atom stereocenters. The summed E-state index contributed by atoms with van der Waals surface area (Å²) in [7, 11) is 1.53. The third kappa shape index (κ3) is 6.12. The molecule has 0 radical (unpaired) electrons. The maximum Gasteiger partial charge on any atom is 0.258 e. The number of hydrogen-bond donors (Lipinski definition) is 2. The van der Waals surface area contributed by atoms with Crippen molar-refractivity contribution in [3.8, 4) is 11.5 Å². The number of piperidine rings is 1. The molecule has 7 nitrogen and oxygen atoms in total. The van der Waals surface area contributed by atoms with Crippen LogP contribution in [-0.2, 0) is 4.79 Å². The molecule has 0 bridgehead atoms. The maximum absolute atomic E-state index is 13.1. The van der Waals surface area contributed by atoms with Crippen molar-refractivity contribution in [3.63, 3.8) is 0 Å². The van der Waals surface area contributed by atoms with Crippen LogP contribution in [0.3, 0.4) is 0 Å². The highest BCUT2D eigenvalue weighted by Gasteiger charge is 2.26. The Kier molecular flexibility index (Phi) is 8.57. The van der Waals surface area contributed by atoms with Gasteiger partial charge >= 0.3 is 0 Å². The molecule has 2 rings (SSSR count). The fourth-order valence-electron chi connectivity index (χ4n) is 3.40. The molecule has 0 aliphatic carbocycles. The molecule has 1 fully saturated rings. The second kappa shape index (κ2) is 10.9. The van der Waals surface area contributed by atoms with Crippen molar-refractivity contribution < 1.29 is 19.1 Å². The molecule has 7 heteroatoms. The Hall–Kier alpha value is -2.28. The first-order chi connectivity index (χ1) is 13.5. The van der Waals surface area contributed by atoms with Crippen LogP contribution in [0.15, 0.2) is 18.2 Å². The van der Waals surface area contributed by atoms with Crippen LogP contribution in [0.5, 0.6) is 11.5 Å². The van der Waals surface area contributed by atoms with Crippen molar-refractivity contribution in [2.24, 2.45) is 0 Å². The van der Waals surface area contributed by atoms with Crippen LogP contribution in [0.25, 0.3) is 0 Å². The first-order valence-electron chi connectivity index (χ1n) is 10.1. The van der Waals surface area contributed by atoms with E-state index < -0.39 is 0 Å². The lowest BCUT2D eigenvalue weighted by molar-refractivity contribution is -0.123. The van der Waals surface area contributed by atoms with Gasteiger partial charge in [0.25, 0.3) is 11.8 Å². The number of amides is 2. The lowest BCUT2D eigenvalue weighted by Gasteiger charge is -2.34. The van der Waals surface area contributed by atoms with Gasteiger partial charge in [0.05, 0.1) is 7.11 Å². The van der Waals surface area contributed by atoms with Gasteiger partial charge in [0.1, 0.15) is 0 Å². The van der Waals surface area contributed by atoms with Crippen molar-refractivity contribution >= 4 is 11.8 Å². The van der Waals surface area contributed by atoms with Gasteiger partial charge in [-0.15, -0.1) is 0 Å². The summed E-state index contributed by atoms with van der Waals surface area (Å²) in [5.74, 6) is 0.709. The number of rotatable bonds is 9. The third-order valence-electron chi connectivity index (χ3n) is 4.69. The van der Waals surface area contributed by atoms with E-state index in [9.17, 15) is 9.59 Å². The molecule has 2 N–H and O–H groups in total. The van der Waals surface area contributed by atoms with E-state index in [1.165, 1.54) is 7.11 Å². The van der Waals surface area contributed by atoms with Crippen LogP contribution >= 0.6 is 0 Å². The van der Waals surface area contributed by atoms with Gasteiger partial charge in [0.15, 0.2) is 18.1 Å². The minimum Gasteiger partial charge on any atom is -0.493 e. The highest BCUT2D eigenvalue weighted by Crippen LogP contribution is 2.29. The van der Waals surface area contributed by atoms with E-state index in [1.54, 1.807) is 18.2 Å². The highest BCUT2D eigenvalue weighted by molar-refractivity contribution is 5.95. The van der Waals surface area contributed by atoms with Gasteiger partial charge in [-0.25, -0.2) is 0 Å². The topological polar surface area (TPSA) is 79.9 Å². The number of hydrogen-bond acceptors (Lipinski definition) is 5. The summed E-state index contributed by atoms with van der Waals surface area (Å²) >= 11 is 0. The Morgan fingerprint density at radius 2 is 1.96 bits per heavy atom. The molecule has 0 spiro atoms. The van der Waals surface area contributed by atoms with Gasteiger partial charge in [-0.3, -0.25) is 9.59 Å². The van der Waals surface area contributed by atoms with Crippen molar-refractivity contribution in [2.75, 3.05) is 33.4 Å². The molecule has 1 saturated heterocycles. The van der Waals surface area contributed by atoms with Gasteiger partial charge in [-0.2, -0.15) is 0 Å². The van der Waals surface area contributed by atoms with Crippen LogP contribution in [-0.4, -0.2) is 62.1 Å². The van der Waals surface area contributed by atoms with E-state index in [2.05, 4.69) is 17.6 Å². The number of nitrogens with zero attached hydrogens (tertiary/aromatic N) is 1. The van der Waals surface area contributed by atoms with E-state index >= 15 is 0 Å². The molecule has 0 saturated carbocycles. The standard InChI is InChI=1S/C21H33N3O4/c1-5-12-24(17-8-10-22-11-9-17)21(26)16-6-7-18(19(13-16)27-4)28-14-20(25)23-15(2)3/h6-7,13,15,17,22H,5,8-12,14H2,1-4H3,(H,23,25). The van der Waals surface area contributed by atoms with Crippen molar-refractivity contribution in [3.05, 3.63) is 23.8 Å². The minimum absolute atomic E-state index is 0.0103. The number of carbonyl (C=O) groups is 2. The van der Waals surface area contributed by atoms with E-state index in [0.29, 0.717) is 17.1 Å². The Labute approximate surface area is 167 Å². The molecule has 1 aliphatic heterocycles. The fourth-order valence-corrected chi connectivity index (χ4v) is 3.40. The molecule has 1 aromatic rings. The molecule has 28 heavy (non-hydrogen) atoms. The van der Waals surface area contributed by atoms with Gasteiger partial charge in [0, 0.05) is 24.2 Å². The zero-order valence-corrected chi connectivity index (χ0v) is 17.4. The number of ether oxygens (including phenoxy) is 2. The largest absolute Gasteiger partial charge is 0.493 e. The Morgan fingerprint density at radius 1 is 1.25 bits per heavy atom. The number of methoxy groups -OCH3 is 1. The Bertz CT molecular complexity index is 657. The lowest BCUT2D eigenvalue weighted by atomic mass is 10.0. The summed E-state index contributed by atoms with van der Waals surface area (Å²) in [5.41, 5.74) is 0.572. The van der Waals surface area contributed by atoms with Crippen LogP contribution < -0.4 is 20.1 Å². The van der Waals surface area contributed by atoms with Gasteiger partial charge in [-0.1, -0.05) is 6.92 Å². The zero-order chi connectivity index (χ0) is 20.5. The van der Waals surface area contributed by atoms with Crippen LogP contribution in [0.1, 0.15) is 50.4 Å². The van der Waals surface area contributed by atoms with Gasteiger partial charge in [-0.05, 0) is 64.4 Å². The molecular formula is C21H33N3O4. The molecule has 156 valence electrons. The smallest absolute Gasteiger partial charge is 0.258 e. The second-order valence-corrected chi connectivity index (χ2v) is 7.36. The van der Waals surface area contributed by atoms with Gasteiger partial charge in [0.2, 0.25) is 0 Å². The van der Waals surface area contributed by atoms with Crippen molar-refractivity contribution in [2.45, 2.75) is 52.1 Å². The van der Waals surface area contributed by atoms with Crippen molar-refractivity contribution in [1.82, 2.24) is 15.5 Å². The summed E-state index contributed by atoms with van der Waals surface area (Å²) in [6.45, 7) is 8.38. The van der Waals surface area contributed by atoms with Crippen molar-refractivity contribution in [1.29, 1.82) is 0 Å². The zero-order valence-electron chi connectivity index (χ0n) is 17.4. The monoisotopic (exact) mass is 391 g/mol. The molecule has 0 aromatic heterocycles. The SMILES string of the molecule is CCCN(C(=O)c1ccc(OCC(=O)NC(C)C)c(OC)c1)C1CCNCC1. The lowest BCUT2D eigenvalue weighted by Crippen LogP contribution is -2.46. The molecule has 0 atom stereocenters. The summed E-state index contributed by atoms with van der Waals surface area (Å²) in [6, 6.07) is 5.45. The first-order valence-corrected chi connectivity index (χ1v) is 10.1. The average Bonchev–Trinajstić information content (AvgIpc) is 2.70. The summed E-state index contributed by atoms with van der Waals surface area (Å²) in [5, 5.41) is 6.12. The van der Waals surface area contributed by atoms with Gasteiger partial charge < -0.3 is 25.0 Å². The summed E-state index contributed by atoms with van der Waals surface area (Å²) < 4.78 is 11.0. The molecule has 1 aliphatic rings. The van der Waals surface area contributed by atoms with E-state index in [-0.39, 0.29) is 30.5 Å². The summed E-state index contributed by atoms with van der Waals surface area (Å²) in [6.07, 6.45) is 2.85. The molecule has 1 heterocycles. The normalized spacial score (nSPS) is 14.6. The first kappa shape index (κ1) is 22.0. The quantitative estimate of drug-likeness (QED) is 0.675. The van der Waals surface area contributed by atoms with E-state index in [1.807, 2.05) is 18.7 Å². The maximum atomic E-state index is 13.1.